The third kappa shape index (κ3) is 3.72. The van der Waals surface area contributed by atoms with E-state index < -0.39 is 0 Å². The van der Waals surface area contributed by atoms with E-state index in [9.17, 15) is 4.79 Å². The Morgan fingerprint density at radius 3 is 3.00 bits per heavy atom. The van der Waals surface area contributed by atoms with E-state index in [-0.39, 0.29) is 29.1 Å². The molecule has 1 amide bonds. The zero-order valence-electron chi connectivity index (χ0n) is 9.45. The average Bonchev–Trinajstić information content (AvgIpc) is 2.85. The Kier molecular flexibility index (Phi) is 5.77. The molecule has 0 saturated carbocycles. The molecule has 2 atom stereocenters. The highest BCUT2D eigenvalue weighted by Crippen LogP contribution is 2.36. The van der Waals surface area contributed by atoms with Crippen molar-refractivity contribution in [3.05, 3.63) is 0 Å². The van der Waals surface area contributed by atoms with Crippen LogP contribution in [0.15, 0.2) is 0 Å². The molecule has 2 aliphatic rings. The molecular weight excluding hydrogens is 264 g/mol. The maximum absolute atomic E-state index is 11.7. The van der Waals surface area contributed by atoms with Gasteiger partial charge in [0.25, 0.3) is 0 Å². The minimum atomic E-state index is 0. The Labute approximate surface area is 112 Å². The summed E-state index contributed by atoms with van der Waals surface area (Å²) >= 11 is 3.78. The zero-order valence-corrected chi connectivity index (χ0v) is 11.9. The van der Waals surface area contributed by atoms with Crippen LogP contribution in [-0.2, 0) is 4.79 Å². The number of carbonyl (C=O) groups excluding carboxylic acids is 1. The Morgan fingerprint density at radius 2 is 2.44 bits per heavy atom. The van der Waals surface area contributed by atoms with Crippen LogP contribution < -0.4 is 10.6 Å². The van der Waals surface area contributed by atoms with Crippen molar-refractivity contribution in [2.45, 2.75) is 30.6 Å². The number of nitrogens with one attached hydrogen (secondary N) is 2. The van der Waals surface area contributed by atoms with Gasteiger partial charge in [-0.05, 0) is 25.5 Å². The van der Waals surface area contributed by atoms with Crippen molar-refractivity contribution < 1.29 is 4.79 Å². The normalized spacial score (nSPS) is 33.4. The van der Waals surface area contributed by atoms with Gasteiger partial charge in [-0.2, -0.15) is 11.8 Å². The number of hydrogen-bond donors (Lipinski definition) is 2. The van der Waals surface area contributed by atoms with Crippen LogP contribution in [-0.4, -0.2) is 40.6 Å². The molecule has 2 unspecified atom stereocenters. The zero-order chi connectivity index (χ0) is 10.7. The van der Waals surface area contributed by atoms with Crippen molar-refractivity contribution >= 4 is 41.8 Å². The van der Waals surface area contributed by atoms with Gasteiger partial charge in [0.2, 0.25) is 5.91 Å². The standard InChI is InChI=1S/C10H18N2OS2.ClH/c1-10(3-2-4-15-10)6-11-9(13)8-5-14-7-12-8;/h8,12H,2-7H2,1H3,(H,11,13);1H. The van der Waals surface area contributed by atoms with E-state index in [0.717, 1.165) is 18.2 Å². The summed E-state index contributed by atoms with van der Waals surface area (Å²) in [4.78, 5) is 11.7. The lowest BCUT2D eigenvalue weighted by Gasteiger charge is -2.23. The first kappa shape index (κ1) is 14.5. The molecule has 3 nitrogen and oxygen atoms in total. The molecule has 0 spiro atoms. The molecule has 16 heavy (non-hydrogen) atoms. The lowest BCUT2D eigenvalue weighted by atomic mass is 10.1. The topological polar surface area (TPSA) is 41.1 Å². The highest BCUT2D eigenvalue weighted by Gasteiger charge is 2.31. The van der Waals surface area contributed by atoms with Crippen LogP contribution in [0.5, 0.6) is 0 Å². The number of halogens is 1. The van der Waals surface area contributed by atoms with Gasteiger partial charge >= 0.3 is 0 Å². The SMILES string of the molecule is CC1(CNC(=O)C2CSCN2)CCCS1.Cl. The molecule has 6 heteroatoms. The number of hydrogen-bond acceptors (Lipinski definition) is 4. The Morgan fingerprint density at radius 1 is 1.62 bits per heavy atom. The maximum Gasteiger partial charge on any atom is 0.238 e. The quantitative estimate of drug-likeness (QED) is 0.823. The van der Waals surface area contributed by atoms with Gasteiger partial charge in [-0.3, -0.25) is 10.1 Å². The largest absolute Gasteiger partial charge is 0.353 e. The summed E-state index contributed by atoms with van der Waals surface area (Å²) in [5.41, 5.74) is 0. The first-order valence-corrected chi connectivity index (χ1v) is 7.56. The Bertz CT molecular complexity index is 241. The molecule has 2 rings (SSSR count). The van der Waals surface area contributed by atoms with Crippen LogP contribution >= 0.6 is 35.9 Å². The molecule has 2 aliphatic heterocycles. The van der Waals surface area contributed by atoms with Gasteiger partial charge in [0.05, 0.1) is 6.04 Å². The van der Waals surface area contributed by atoms with E-state index in [1.54, 1.807) is 11.8 Å². The summed E-state index contributed by atoms with van der Waals surface area (Å²) in [7, 11) is 0. The van der Waals surface area contributed by atoms with E-state index in [1.807, 2.05) is 11.8 Å². The van der Waals surface area contributed by atoms with Crippen LogP contribution in [0.1, 0.15) is 19.8 Å². The molecule has 0 radical (unpaired) electrons. The summed E-state index contributed by atoms with van der Waals surface area (Å²) in [6, 6.07) is 0.0324. The van der Waals surface area contributed by atoms with Crippen molar-refractivity contribution in [3.8, 4) is 0 Å². The van der Waals surface area contributed by atoms with E-state index in [0.29, 0.717) is 0 Å². The summed E-state index contributed by atoms with van der Waals surface area (Å²) in [6.07, 6.45) is 2.51. The Hall–Kier alpha value is 0.420. The molecule has 0 bridgehead atoms. The molecule has 2 saturated heterocycles. The Balaban J connectivity index is 0.00000128. The van der Waals surface area contributed by atoms with Crippen LogP contribution in [0.2, 0.25) is 0 Å². The molecule has 2 heterocycles. The summed E-state index contributed by atoms with van der Waals surface area (Å²) in [5, 5.41) is 6.26. The second kappa shape index (κ2) is 6.38. The third-order valence-corrected chi connectivity index (χ3v) is 5.45. The molecule has 2 fully saturated rings. The predicted octanol–water partition coefficient (Wildman–Crippen LogP) is 1.47. The van der Waals surface area contributed by atoms with Gasteiger partial charge in [-0.25, -0.2) is 0 Å². The van der Waals surface area contributed by atoms with Crippen molar-refractivity contribution in [1.82, 2.24) is 10.6 Å². The van der Waals surface area contributed by atoms with Crippen molar-refractivity contribution in [1.29, 1.82) is 0 Å². The molecule has 94 valence electrons. The van der Waals surface area contributed by atoms with E-state index in [2.05, 4.69) is 17.6 Å². The fraction of sp³-hybridized carbons (Fsp3) is 0.900. The lowest BCUT2D eigenvalue weighted by Crippen LogP contribution is -2.46. The van der Waals surface area contributed by atoms with Crippen molar-refractivity contribution in [2.75, 3.05) is 23.9 Å². The van der Waals surface area contributed by atoms with E-state index >= 15 is 0 Å². The number of thioether (sulfide) groups is 2. The van der Waals surface area contributed by atoms with Gasteiger partial charge in [-0.15, -0.1) is 24.2 Å². The summed E-state index contributed by atoms with van der Waals surface area (Å²) in [5.74, 6) is 3.23. The van der Waals surface area contributed by atoms with Gasteiger partial charge in [0.1, 0.15) is 0 Å². The van der Waals surface area contributed by atoms with Gasteiger partial charge in [0, 0.05) is 22.9 Å². The first-order valence-electron chi connectivity index (χ1n) is 5.42. The average molecular weight is 283 g/mol. The molecule has 0 aromatic heterocycles. The molecule has 0 aromatic carbocycles. The second-order valence-corrected chi connectivity index (χ2v) is 7.10. The van der Waals surface area contributed by atoms with Crippen molar-refractivity contribution in [3.63, 3.8) is 0 Å². The predicted molar refractivity (Wildman–Crippen MR) is 74.6 cm³/mol. The maximum atomic E-state index is 11.7. The summed E-state index contributed by atoms with van der Waals surface area (Å²) < 4.78 is 0.279. The minimum absolute atomic E-state index is 0. The monoisotopic (exact) mass is 282 g/mol. The van der Waals surface area contributed by atoms with Crippen LogP contribution in [0.3, 0.4) is 0 Å². The second-order valence-electron chi connectivity index (χ2n) is 4.39. The molecule has 0 aromatic rings. The van der Waals surface area contributed by atoms with Crippen LogP contribution in [0.25, 0.3) is 0 Å². The smallest absolute Gasteiger partial charge is 0.238 e. The minimum Gasteiger partial charge on any atom is -0.353 e. The fourth-order valence-electron chi connectivity index (χ4n) is 1.94. The summed E-state index contributed by atoms with van der Waals surface area (Å²) in [6.45, 7) is 3.07. The number of amides is 1. The highest BCUT2D eigenvalue weighted by molar-refractivity contribution is 8.00. The highest BCUT2D eigenvalue weighted by atomic mass is 35.5. The van der Waals surface area contributed by atoms with E-state index in [4.69, 9.17) is 0 Å². The van der Waals surface area contributed by atoms with Crippen LogP contribution in [0.4, 0.5) is 0 Å². The first-order chi connectivity index (χ1) is 7.20. The van der Waals surface area contributed by atoms with Gasteiger partial charge in [-0.1, -0.05) is 0 Å². The molecule has 0 aliphatic carbocycles. The number of rotatable bonds is 3. The van der Waals surface area contributed by atoms with Crippen LogP contribution in [0, 0.1) is 0 Å². The van der Waals surface area contributed by atoms with E-state index in [1.165, 1.54) is 18.6 Å². The fourth-order valence-corrected chi connectivity index (χ4v) is 4.12. The lowest BCUT2D eigenvalue weighted by molar-refractivity contribution is -0.122. The molecule has 2 N–H and O–H groups in total. The third-order valence-electron chi connectivity index (χ3n) is 2.97. The van der Waals surface area contributed by atoms with Crippen molar-refractivity contribution in [2.24, 2.45) is 0 Å². The molecular formula is C10H19ClN2OS2. The number of carbonyl (C=O) groups is 1. The van der Waals surface area contributed by atoms with Gasteiger partial charge in [0.15, 0.2) is 0 Å². The van der Waals surface area contributed by atoms with Gasteiger partial charge < -0.3 is 5.32 Å².